The topological polar surface area (TPSA) is 117 Å². The van der Waals surface area contributed by atoms with Crippen LogP contribution in [0.3, 0.4) is 0 Å². The molecular formula is C25H46O11. The summed E-state index contributed by atoms with van der Waals surface area (Å²) in [6.45, 7) is 12.2. The lowest BCUT2D eigenvalue weighted by Crippen LogP contribution is -2.15. The molecule has 0 spiro atoms. The summed E-state index contributed by atoms with van der Waals surface area (Å²) in [6, 6.07) is 0. The van der Waals surface area contributed by atoms with Gasteiger partial charge in [0.25, 0.3) is 0 Å². The SMILES string of the molecule is C=CC(=O)OCCOCCOCCOCCOCCOCCOCCOCCOC(=O)CCCCC. The van der Waals surface area contributed by atoms with Crippen LogP contribution < -0.4 is 0 Å². The summed E-state index contributed by atoms with van der Waals surface area (Å²) in [5, 5.41) is 0. The normalized spacial score (nSPS) is 10.9. The molecule has 0 atom stereocenters. The van der Waals surface area contributed by atoms with E-state index in [2.05, 4.69) is 13.5 Å². The van der Waals surface area contributed by atoms with Gasteiger partial charge >= 0.3 is 11.9 Å². The van der Waals surface area contributed by atoms with Crippen molar-refractivity contribution in [1.29, 1.82) is 0 Å². The molecule has 0 radical (unpaired) electrons. The predicted octanol–water partition coefficient (Wildman–Crippen LogP) is 1.96. The van der Waals surface area contributed by atoms with E-state index < -0.39 is 5.97 Å². The molecule has 0 unspecified atom stereocenters. The molecular weight excluding hydrogens is 476 g/mol. The Bertz CT molecular complexity index is 502. The van der Waals surface area contributed by atoms with Gasteiger partial charge in [-0.05, 0) is 6.42 Å². The third-order valence-corrected chi connectivity index (χ3v) is 4.35. The van der Waals surface area contributed by atoms with E-state index in [1.807, 2.05) is 0 Å². The molecule has 0 heterocycles. The molecule has 0 aliphatic carbocycles. The molecule has 11 heteroatoms. The van der Waals surface area contributed by atoms with Gasteiger partial charge in [0.1, 0.15) is 13.2 Å². The summed E-state index contributed by atoms with van der Waals surface area (Å²) in [4.78, 5) is 22.2. The lowest BCUT2D eigenvalue weighted by molar-refractivity contribution is -0.145. The first-order valence-corrected chi connectivity index (χ1v) is 12.7. The van der Waals surface area contributed by atoms with Crippen molar-refractivity contribution in [2.45, 2.75) is 32.6 Å². The van der Waals surface area contributed by atoms with Gasteiger partial charge in [0, 0.05) is 12.5 Å². The molecule has 0 aliphatic heterocycles. The van der Waals surface area contributed by atoms with E-state index >= 15 is 0 Å². The maximum absolute atomic E-state index is 11.4. The molecule has 11 nitrogen and oxygen atoms in total. The Balaban J connectivity index is 3.09. The van der Waals surface area contributed by atoms with E-state index in [0.717, 1.165) is 25.3 Å². The van der Waals surface area contributed by atoms with Crippen molar-refractivity contribution in [3.63, 3.8) is 0 Å². The third kappa shape index (κ3) is 28.6. The van der Waals surface area contributed by atoms with Gasteiger partial charge in [-0.2, -0.15) is 0 Å². The first kappa shape index (κ1) is 34.4. The Hall–Kier alpha value is -1.60. The zero-order valence-corrected chi connectivity index (χ0v) is 21.9. The zero-order chi connectivity index (χ0) is 26.4. The van der Waals surface area contributed by atoms with E-state index in [1.165, 1.54) is 0 Å². The second-order valence-corrected chi connectivity index (χ2v) is 7.34. The molecule has 212 valence electrons. The van der Waals surface area contributed by atoms with Crippen molar-refractivity contribution in [3.05, 3.63) is 12.7 Å². The summed E-state index contributed by atoms with van der Waals surface area (Å²) < 4.78 is 47.4. The number of hydrogen-bond acceptors (Lipinski definition) is 11. The quantitative estimate of drug-likeness (QED) is 0.0815. The summed E-state index contributed by atoms with van der Waals surface area (Å²) in [6.07, 6.45) is 4.60. The van der Waals surface area contributed by atoms with Crippen LogP contribution in [0.25, 0.3) is 0 Å². The molecule has 0 aliphatic rings. The standard InChI is InChI=1S/C25H46O11/c1-3-5-6-7-25(27)36-23-21-34-19-17-32-15-13-30-11-9-28-8-10-29-12-14-31-16-18-33-20-22-35-24(26)4-2/h4H,2-3,5-23H2,1H3. The van der Waals surface area contributed by atoms with Crippen molar-refractivity contribution < 1.29 is 52.2 Å². The van der Waals surface area contributed by atoms with Crippen molar-refractivity contribution in [2.24, 2.45) is 0 Å². The van der Waals surface area contributed by atoms with Crippen LogP contribution in [0.5, 0.6) is 0 Å². The van der Waals surface area contributed by atoms with Crippen LogP contribution in [0.15, 0.2) is 12.7 Å². The predicted molar refractivity (Wildman–Crippen MR) is 132 cm³/mol. The van der Waals surface area contributed by atoms with Crippen molar-refractivity contribution in [3.8, 4) is 0 Å². The average molecular weight is 523 g/mol. The van der Waals surface area contributed by atoms with Crippen LogP contribution in [-0.2, 0) is 52.2 Å². The maximum Gasteiger partial charge on any atom is 0.330 e. The van der Waals surface area contributed by atoms with Gasteiger partial charge in [0.05, 0.1) is 92.5 Å². The van der Waals surface area contributed by atoms with Crippen LogP contribution in [0.4, 0.5) is 0 Å². The largest absolute Gasteiger partial charge is 0.463 e. The molecule has 0 fully saturated rings. The molecule has 0 saturated heterocycles. The summed E-state index contributed by atoms with van der Waals surface area (Å²) in [7, 11) is 0. The molecule has 0 amide bonds. The average Bonchev–Trinajstić information content (AvgIpc) is 2.88. The van der Waals surface area contributed by atoms with E-state index in [9.17, 15) is 9.59 Å². The monoisotopic (exact) mass is 522 g/mol. The summed E-state index contributed by atoms with van der Waals surface area (Å²) in [5.41, 5.74) is 0. The lowest BCUT2D eigenvalue weighted by Gasteiger charge is -2.09. The van der Waals surface area contributed by atoms with Crippen LogP contribution in [0, 0.1) is 0 Å². The van der Waals surface area contributed by atoms with Gasteiger partial charge in [0.2, 0.25) is 0 Å². The van der Waals surface area contributed by atoms with Gasteiger partial charge in [-0.3, -0.25) is 4.79 Å². The van der Waals surface area contributed by atoms with E-state index in [4.69, 9.17) is 42.6 Å². The zero-order valence-electron chi connectivity index (χ0n) is 21.9. The van der Waals surface area contributed by atoms with E-state index in [0.29, 0.717) is 98.9 Å². The van der Waals surface area contributed by atoms with Crippen LogP contribution >= 0.6 is 0 Å². The van der Waals surface area contributed by atoms with Gasteiger partial charge < -0.3 is 42.6 Å². The Kier molecular flexibility index (Phi) is 28.3. The van der Waals surface area contributed by atoms with Gasteiger partial charge in [-0.15, -0.1) is 0 Å². The third-order valence-electron chi connectivity index (χ3n) is 4.35. The fraction of sp³-hybridized carbons (Fsp3) is 0.840. The highest BCUT2D eigenvalue weighted by molar-refractivity contribution is 5.81. The summed E-state index contributed by atoms with van der Waals surface area (Å²) >= 11 is 0. The van der Waals surface area contributed by atoms with Crippen LogP contribution in [0.1, 0.15) is 32.6 Å². The molecule has 0 aromatic rings. The number of unbranched alkanes of at least 4 members (excludes halogenated alkanes) is 2. The summed E-state index contributed by atoms with van der Waals surface area (Å²) in [5.74, 6) is -0.623. The first-order valence-electron chi connectivity index (χ1n) is 12.7. The molecule has 0 aromatic heterocycles. The van der Waals surface area contributed by atoms with Gasteiger partial charge in [0.15, 0.2) is 0 Å². The highest BCUT2D eigenvalue weighted by Crippen LogP contribution is 2.00. The van der Waals surface area contributed by atoms with E-state index in [-0.39, 0.29) is 19.2 Å². The fourth-order valence-electron chi connectivity index (χ4n) is 2.49. The Morgan fingerprint density at radius 3 is 1.19 bits per heavy atom. The van der Waals surface area contributed by atoms with Crippen LogP contribution in [-0.4, -0.2) is 118 Å². The smallest absolute Gasteiger partial charge is 0.330 e. The van der Waals surface area contributed by atoms with Crippen molar-refractivity contribution >= 4 is 11.9 Å². The minimum absolute atomic E-state index is 0.163. The molecule has 0 saturated carbocycles. The van der Waals surface area contributed by atoms with Crippen molar-refractivity contribution in [2.75, 3.05) is 106 Å². The highest BCUT2D eigenvalue weighted by atomic mass is 16.6. The fourth-order valence-corrected chi connectivity index (χ4v) is 2.49. The molecule has 0 aromatic carbocycles. The number of ether oxygens (including phenoxy) is 9. The number of carbonyl (C=O) groups is 2. The molecule has 36 heavy (non-hydrogen) atoms. The highest BCUT2D eigenvalue weighted by Gasteiger charge is 2.01. The second kappa shape index (κ2) is 29.6. The number of rotatable bonds is 29. The minimum Gasteiger partial charge on any atom is -0.463 e. The number of hydrogen-bond donors (Lipinski definition) is 0. The number of carbonyl (C=O) groups excluding carboxylic acids is 2. The maximum atomic E-state index is 11.4. The Labute approximate surface area is 215 Å². The van der Waals surface area contributed by atoms with Crippen LogP contribution in [0.2, 0.25) is 0 Å². The van der Waals surface area contributed by atoms with Gasteiger partial charge in [-0.25, -0.2) is 4.79 Å². The van der Waals surface area contributed by atoms with Crippen molar-refractivity contribution in [1.82, 2.24) is 0 Å². The Morgan fingerprint density at radius 1 is 0.528 bits per heavy atom. The first-order chi connectivity index (χ1) is 17.7. The second-order valence-electron chi connectivity index (χ2n) is 7.34. The molecule has 0 N–H and O–H groups in total. The van der Waals surface area contributed by atoms with E-state index in [1.54, 1.807) is 0 Å². The van der Waals surface area contributed by atoms with Gasteiger partial charge in [-0.1, -0.05) is 26.3 Å². The lowest BCUT2D eigenvalue weighted by atomic mass is 10.2. The number of esters is 2. The molecule has 0 rings (SSSR count). The minimum atomic E-state index is -0.460. The Morgan fingerprint density at radius 2 is 0.861 bits per heavy atom. The molecule has 0 bridgehead atoms.